The summed E-state index contributed by atoms with van der Waals surface area (Å²) in [5.74, 6) is 0. The Hall–Kier alpha value is -7.94. The maximum atomic E-state index is 6.56. The largest absolute Gasteiger partial charge is 0.452 e. The van der Waals surface area contributed by atoms with Crippen LogP contribution in [-0.4, -0.2) is 0 Å². The van der Waals surface area contributed by atoms with E-state index in [1.165, 1.54) is 76.8 Å². The second kappa shape index (κ2) is 13.8. The van der Waals surface area contributed by atoms with Crippen LogP contribution in [0.3, 0.4) is 0 Å². The lowest BCUT2D eigenvalue weighted by Crippen LogP contribution is -1.86. The zero-order valence-electron chi connectivity index (χ0n) is 33.6. The van der Waals surface area contributed by atoms with Crippen molar-refractivity contribution in [3.8, 4) is 44.5 Å². The van der Waals surface area contributed by atoms with Gasteiger partial charge in [0.25, 0.3) is 0 Å². The van der Waals surface area contributed by atoms with Gasteiger partial charge < -0.3 is 8.83 Å². The Bertz CT molecular complexity index is 3800. The Morgan fingerprint density at radius 2 is 0.918 bits per heavy atom. The van der Waals surface area contributed by atoms with Crippen molar-refractivity contribution in [3.05, 3.63) is 212 Å². The fourth-order valence-corrected chi connectivity index (χ4v) is 9.41. The minimum absolute atomic E-state index is 0.778. The highest BCUT2D eigenvalue weighted by molar-refractivity contribution is 6.20. The van der Waals surface area contributed by atoms with Crippen LogP contribution in [0.5, 0.6) is 0 Å². The molecule has 2 nitrogen and oxygen atoms in total. The fourth-order valence-electron chi connectivity index (χ4n) is 9.41. The van der Waals surface area contributed by atoms with E-state index < -0.39 is 0 Å². The Balaban J connectivity index is 0.872. The molecule has 0 aliphatic rings. The molecule has 0 amide bonds. The molecule has 0 atom stereocenters. The van der Waals surface area contributed by atoms with Gasteiger partial charge in [0.05, 0.1) is 0 Å². The third kappa shape index (κ3) is 5.79. The number of furan rings is 2. The van der Waals surface area contributed by atoms with Gasteiger partial charge in [-0.25, -0.2) is 0 Å². The van der Waals surface area contributed by atoms with E-state index in [1.807, 2.05) is 6.08 Å². The first-order valence-electron chi connectivity index (χ1n) is 20.8. The summed E-state index contributed by atoms with van der Waals surface area (Å²) in [5.41, 5.74) is 15.2. The fraction of sp³-hybridized carbons (Fsp3) is 0.0169. The maximum absolute atomic E-state index is 6.56. The first kappa shape index (κ1) is 35.0. The van der Waals surface area contributed by atoms with E-state index >= 15 is 0 Å². The van der Waals surface area contributed by atoms with Gasteiger partial charge >= 0.3 is 0 Å². The molecule has 12 rings (SSSR count). The van der Waals surface area contributed by atoms with Gasteiger partial charge in [0.1, 0.15) is 11.2 Å². The van der Waals surface area contributed by atoms with Crippen molar-refractivity contribution < 1.29 is 8.83 Å². The number of fused-ring (bicyclic) bond motifs is 11. The lowest BCUT2D eigenvalue weighted by Gasteiger charge is -2.13. The second-order valence-electron chi connectivity index (χ2n) is 16.2. The Labute approximate surface area is 352 Å². The molecular formula is C59H38O2. The average Bonchev–Trinajstić information content (AvgIpc) is 3.88. The van der Waals surface area contributed by atoms with Gasteiger partial charge in [-0.2, -0.15) is 0 Å². The molecule has 2 heteroatoms. The molecule has 2 aromatic heterocycles. The SMILES string of the molecule is C=C/C=C\c1ccc(-c2ccc3oc4c(ccc5c6cc(-c7ccc8cc(-c9cccc(-c%10cc%11ccccc%11c%11ccccc%10%11)c9)ccc8c7)ccc6oc54)c3c2)cc1C. The zero-order chi connectivity index (χ0) is 40.6. The van der Waals surface area contributed by atoms with E-state index in [2.05, 4.69) is 202 Å². The summed E-state index contributed by atoms with van der Waals surface area (Å²) in [6.07, 6.45) is 5.86. The summed E-state index contributed by atoms with van der Waals surface area (Å²) in [6.45, 7) is 5.95. The van der Waals surface area contributed by atoms with Crippen LogP contribution in [0.15, 0.2) is 210 Å². The van der Waals surface area contributed by atoms with Crippen LogP contribution in [0.1, 0.15) is 11.1 Å². The van der Waals surface area contributed by atoms with E-state index in [9.17, 15) is 0 Å². The summed E-state index contributed by atoms with van der Waals surface area (Å²) >= 11 is 0. The third-order valence-corrected chi connectivity index (χ3v) is 12.5. The lowest BCUT2D eigenvalue weighted by molar-refractivity contribution is 0.633. The van der Waals surface area contributed by atoms with Gasteiger partial charge in [-0.05, 0) is 156 Å². The van der Waals surface area contributed by atoms with Gasteiger partial charge in [0, 0.05) is 21.5 Å². The Morgan fingerprint density at radius 3 is 1.57 bits per heavy atom. The van der Waals surface area contributed by atoms with Crippen molar-refractivity contribution in [2.24, 2.45) is 0 Å². The summed E-state index contributed by atoms with van der Waals surface area (Å²) in [7, 11) is 0. The van der Waals surface area contributed by atoms with E-state index in [4.69, 9.17) is 8.83 Å². The van der Waals surface area contributed by atoms with Gasteiger partial charge in [-0.1, -0.05) is 146 Å². The molecule has 0 aliphatic carbocycles. The molecule has 286 valence electrons. The van der Waals surface area contributed by atoms with Crippen LogP contribution in [0.4, 0.5) is 0 Å². The van der Waals surface area contributed by atoms with Crippen LogP contribution in [0.2, 0.25) is 0 Å². The smallest absolute Gasteiger partial charge is 0.178 e. The van der Waals surface area contributed by atoms with Gasteiger partial charge in [0.15, 0.2) is 11.2 Å². The number of allylic oxidation sites excluding steroid dienone is 2. The maximum Gasteiger partial charge on any atom is 0.178 e. The normalized spacial score (nSPS) is 12.0. The molecule has 0 radical (unpaired) electrons. The molecule has 10 aromatic carbocycles. The molecule has 0 saturated carbocycles. The minimum atomic E-state index is 0.778. The molecule has 61 heavy (non-hydrogen) atoms. The van der Waals surface area contributed by atoms with Crippen molar-refractivity contribution in [1.29, 1.82) is 0 Å². The van der Waals surface area contributed by atoms with Crippen molar-refractivity contribution in [2.75, 3.05) is 0 Å². The van der Waals surface area contributed by atoms with Crippen LogP contribution in [-0.2, 0) is 0 Å². The predicted octanol–water partition coefficient (Wildman–Crippen LogP) is 17.1. The van der Waals surface area contributed by atoms with Crippen LogP contribution >= 0.6 is 0 Å². The lowest BCUT2D eigenvalue weighted by atomic mass is 9.91. The van der Waals surface area contributed by atoms with E-state index in [-0.39, 0.29) is 0 Å². The second-order valence-corrected chi connectivity index (χ2v) is 16.2. The molecule has 0 aliphatic heterocycles. The Kier molecular flexibility index (Phi) is 7.95. The molecule has 12 aromatic rings. The topological polar surface area (TPSA) is 26.3 Å². The first-order chi connectivity index (χ1) is 30.1. The minimum Gasteiger partial charge on any atom is -0.452 e. The van der Waals surface area contributed by atoms with Crippen LogP contribution in [0.25, 0.3) is 127 Å². The first-order valence-corrected chi connectivity index (χ1v) is 20.8. The Morgan fingerprint density at radius 1 is 0.377 bits per heavy atom. The van der Waals surface area contributed by atoms with Gasteiger partial charge in [-0.3, -0.25) is 0 Å². The predicted molar refractivity (Wildman–Crippen MR) is 259 cm³/mol. The molecule has 0 fully saturated rings. The highest BCUT2D eigenvalue weighted by atomic mass is 16.4. The molecule has 0 spiro atoms. The van der Waals surface area contributed by atoms with Crippen molar-refractivity contribution in [3.63, 3.8) is 0 Å². The van der Waals surface area contributed by atoms with Crippen molar-refractivity contribution in [1.82, 2.24) is 0 Å². The summed E-state index contributed by atoms with van der Waals surface area (Å²) < 4.78 is 13.1. The standard InChI is InChI=1S/C59H38O2/c1-3-4-10-37-17-18-39(29-36(37)2)44-23-27-56-54(33-44)51-25-26-52-55-34-45(24-28-57(55)61-59(52)58(51)60-56)43-22-21-41-30-40(19-20-42(41)31-43)38-12-9-13-46(32-38)53-35-47-11-5-6-14-48(47)49-15-7-8-16-50(49)53/h3-35H,1H2,2H3/b10-4-. The van der Waals surface area contributed by atoms with E-state index in [1.54, 1.807) is 6.08 Å². The molecule has 0 bridgehead atoms. The summed E-state index contributed by atoms with van der Waals surface area (Å²) in [5, 5.41) is 11.8. The molecule has 0 saturated heterocycles. The van der Waals surface area contributed by atoms with Crippen LogP contribution < -0.4 is 0 Å². The molecule has 0 unspecified atom stereocenters. The summed E-state index contributed by atoms with van der Waals surface area (Å²) in [6, 6.07) is 66.2. The summed E-state index contributed by atoms with van der Waals surface area (Å²) in [4.78, 5) is 0. The highest BCUT2D eigenvalue weighted by Crippen LogP contribution is 2.42. The van der Waals surface area contributed by atoms with E-state index in [0.29, 0.717) is 0 Å². The molecular weight excluding hydrogens is 741 g/mol. The van der Waals surface area contributed by atoms with Crippen LogP contribution in [0, 0.1) is 6.92 Å². The molecule has 2 heterocycles. The number of aryl methyl sites for hydroxylation is 1. The number of hydrogen-bond donors (Lipinski definition) is 0. The average molecular weight is 779 g/mol. The monoisotopic (exact) mass is 778 g/mol. The van der Waals surface area contributed by atoms with E-state index in [0.717, 1.165) is 55.0 Å². The number of benzene rings is 10. The molecule has 0 N–H and O–H groups in total. The van der Waals surface area contributed by atoms with Crippen molar-refractivity contribution >= 4 is 82.3 Å². The quantitative estimate of drug-likeness (QED) is 0.124. The number of hydrogen-bond acceptors (Lipinski definition) is 2. The number of rotatable bonds is 6. The highest BCUT2D eigenvalue weighted by Gasteiger charge is 2.18. The van der Waals surface area contributed by atoms with Gasteiger partial charge in [-0.15, -0.1) is 0 Å². The third-order valence-electron chi connectivity index (χ3n) is 12.5. The zero-order valence-corrected chi connectivity index (χ0v) is 33.6. The van der Waals surface area contributed by atoms with Gasteiger partial charge in [0.2, 0.25) is 0 Å². The van der Waals surface area contributed by atoms with Crippen molar-refractivity contribution in [2.45, 2.75) is 6.92 Å².